The van der Waals surface area contributed by atoms with Crippen molar-refractivity contribution in [3.05, 3.63) is 83.4 Å². The Hall–Kier alpha value is -3.38. The number of Topliss-reactive ketones (excluding diaryl/α,β-unsaturated/α-hetero) is 1. The van der Waals surface area contributed by atoms with Crippen LogP contribution in [0.5, 0.6) is 5.75 Å². The monoisotopic (exact) mass is 462 g/mol. The summed E-state index contributed by atoms with van der Waals surface area (Å²) in [6.07, 6.45) is 2.38. The Bertz CT molecular complexity index is 1050. The van der Waals surface area contributed by atoms with Crippen molar-refractivity contribution in [1.82, 2.24) is 9.80 Å². The summed E-state index contributed by atoms with van der Waals surface area (Å²) in [4.78, 5) is 30.2. The summed E-state index contributed by atoms with van der Waals surface area (Å²) in [5.74, 6) is -0.799. The molecule has 6 heteroatoms. The van der Waals surface area contributed by atoms with E-state index in [0.29, 0.717) is 24.5 Å². The second-order valence-electron chi connectivity index (χ2n) is 8.41. The topological polar surface area (TPSA) is 70.1 Å². The molecule has 0 unspecified atom stereocenters. The second kappa shape index (κ2) is 11.7. The molecule has 0 aliphatic carbocycles. The summed E-state index contributed by atoms with van der Waals surface area (Å²) in [6, 6.07) is 13.9. The number of benzene rings is 2. The lowest BCUT2D eigenvalue weighted by Crippen LogP contribution is -2.33. The van der Waals surface area contributed by atoms with Crippen LogP contribution in [0, 0.1) is 6.92 Å². The summed E-state index contributed by atoms with van der Waals surface area (Å²) in [5.41, 5.74) is 2.38. The molecule has 3 rings (SSSR count). The third-order valence-corrected chi connectivity index (χ3v) is 6.17. The van der Waals surface area contributed by atoms with E-state index in [0.717, 1.165) is 37.2 Å². The van der Waals surface area contributed by atoms with Crippen molar-refractivity contribution < 1.29 is 19.4 Å². The molecule has 180 valence electrons. The summed E-state index contributed by atoms with van der Waals surface area (Å²) in [7, 11) is 0. The Balaban J connectivity index is 2.04. The van der Waals surface area contributed by atoms with E-state index in [4.69, 9.17) is 4.74 Å². The first kappa shape index (κ1) is 25.2. The molecule has 6 nitrogen and oxygen atoms in total. The van der Waals surface area contributed by atoms with E-state index in [1.54, 1.807) is 23.1 Å². The number of ketones is 1. The van der Waals surface area contributed by atoms with Gasteiger partial charge in [0.25, 0.3) is 11.7 Å². The van der Waals surface area contributed by atoms with E-state index in [-0.39, 0.29) is 11.3 Å². The quantitative estimate of drug-likeness (QED) is 0.227. The third-order valence-electron chi connectivity index (χ3n) is 6.17. The van der Waals surface area contributed by atoms with E-state index in [9.17, 15) is 14.7 Å². The molecule has 0 aromatic heterocycles. The van der Waals surface area contributed by atoms with Crippen molar-refractivity contribution >= 4 is 17.4 Å². The molecule has 0 saturated carbocycles. The molecule has 1 amide bonds. The zero-order valence-electron chi connectivity index (χ0n) is 20.3. The summed E-state index contributed by atoms with van der Waals surface area (Å²) in [5, 5.41) is 11.2. The van der Waals surface area contributed by atoms with Gasteiger partial charge in [-0.1, -0.05) is 68.5 Å². The molecular weight excluding hydrogens is 428 g/mol. The van der Waals surface area contributed by atoms with Crippen LogP contribution in [0.15, 0.2) is 66.8 Å². The molecule has 1 fully saturated rings. The van der Waals surface area contributed by atoms with Crippen LogP contribution in [0.4, 0.5) is 0 Å². The van der Waals surface area contributed by atoms with Gasteiger partial charge in [-0.25, -0.2) is 0 Å². The lowest BCUT2D eigenvalue weighted by molar-refractivity contribution is -0.140. The maximum atomic E-state index is 13.2. The fourth-order valence-electron chi connectivity index (χ4n) is 4.26. The van der Waals surface area contributed by atoms with Gasteiger partial charge in [0.2, 0.25) is 0 Å². The molecule has 2 aromatic rings. The largest absolute Gasteiger partial charge is 0.507 e. The Kier molecular flexibility index (Phi) is 8.66. The molecule has 1 saturated heterocycles. The highest BCUT2D eigenvalue weighted by Crippen LogP contribution is 2.40. The molecule has 1 aliphatic heterocycles. The normalized spacial score (nSPS) is 17.4. The van der Waals surface area contributed by atoms with Crippen LogP contribution in [0.1, 0.15) is 43.0 Å². The average molecular weight is 463 g/mol. The van der Waals surface area contributed by atoms with Crippen LogP contribution >= 0.6 is 0 Å². The zero-order valence-corrected chi connectivity index (χ0v) is 20.3. The molecule has 34 heavy (non-hydrogen) atoms. The van der Waals surface area contributed by atoms with E-state index < -0.39 is 17.7 Å². The van der Waals surface area contributed by atoms with Crippen molar-refractivity contribution in [2.24, 2.45) is 0 Å². The van der Waals surface area contributed by atoms with Crippen LogP contribution in [0.3, 0.4) is 0 Å². The predicted molar refractivity (Wildman–Crippen MR) is 135 cm³/mol. The highest BCUT2D eigenvalue weighted by molar-refractivity contribution is 6.46. The fourth-order valence-corrected chi connectivity index (χ4v) is 4.26. The molecule has 0 spiro atoms. The maximum Gasteiger partial charge on any atom is 0.295 e. The average Bonchev–Trinajstić information content (AvgIpc) is 3.10. The number of rotatable bonds is 11. The van der Waals surface area contributed by atoms with Gasteiger partial charge in [-0.05, 0) is 50.7 Å². The molecule has 2 aromatic carbocycles. The van der Waals surface area contributed by atoms with E-state index in [1.807, 2.05) is 43.3 Å². The minimum Gasteiger partial charge on any atom is -0.507 e. The minimum absolute atomic E-state index is 0.109. The number of ether oxygens (including phenoxy) is 1. The van der Waals surface area contributed by atoms with Gasteiger partial charge in [-0.15, -0.1) is 0 Å². The minimum atomic E-state index is -0.690. The van der Waals surface area contributed by atoms with Crippen molar-refractivity contribution in [3.63, 3.8) is 0 Å². The molecule has 1 N–H and O–H groups in total. The van der Waals surface area contributed by atoms with Crippen molar-refractivity contribution in [1.29, 1.82) is 0 Å². The van der Waals surface area contributed by atoms with Gasteiger partial charge in [0.05, 0.1) is 11.6 Å². The van der Waals surface area contributed by atoms with Crippen LogP contribution in [0.25, 0.3) is 5.76 Å². The molecule has 0 bridgehead atoms. The summed E-state index contributed by atoms with van der Waals surface area (Å²) >= 11 is 0. The van der Waals surface area contributed by atoms with Crippen LogP contribution in [-0.4, -0.2) is 59.4 Å². The van der Waals surface area contributed by atoms with Crippen molar-refractivity contribution in [2.75, 3.05) is 32.8 Å². The van der Waals surface area contributed by atoms with Crippen LogP contribution in [-0.2, 0) is 9.59 Å². The first-order valence-corrected chi connectivity index (χ1v) is 11.8. The number of likely N-dealkylation sites (tertiary alicyclic amines) is 1. The Morgan fingerprint density at radius 2 is 1.85 bits per heavy atom. The van der Waals surface area contributed by atoms with Gasteiger partial charge in [-0.3, -0.25) is 9.59 Å². The SMILES string of the molecule is C=CCOc1cccc([C@H]2/C(=C(\O)c3ccc(C)cc3)C(=O)C(=O)N2CCCN(CC)CC)c1. The summed E-state index contributed by atoms with van der Waals surface area (Å²) < 4.78 is 5.69. The maximum absolute atomic E-state index is 13.2. The number of aryl methyl sites for hydroxylation is 1. The third kappa shape index (κ3) is 5.57. The molecule has 1 atom stereocenters. The zero-order chi connectivity index (χ0) is 24.7. The Labute approximate surface area is 202 Å². The van der Waals surface area contributed by atoms with E-state index in [2.05, 4.69) is 25.3 Å². The van der Waals surface area contributed by atoms with Gasteiger partial charge >= 0.3 is 0 Å². The van der Waals surface area contributed by atoms with Gasteiger partial charge < -0.3 is 19.6 Å². The number of amides is 1. The van der Waals surface area contributed by atoms with E-state index in [1.165, 1.54) is 0 Å². The molecule has 1 heterocycles. The van der Waals surface area contributed by atoms with E-state index >= 15 is 0 Å². The highest BCUT2D eigenvalue weighted by Gasteiger charge is 2.45. The molecular formula is C28H34N2O4. The molecule has 0 radical (unpaired) electrons. The highest BCUT2D eigenvalue weighted by atomic mass is 16.5. The number of aliphatic hydroxyl groups is 1. The number of aliphatic hydroxyl groups excluding tert-OH is 1. The first-order chi connectivity index (χ1) is 16.4. The number of carbonyl (C=O) groups is 2. The number of hydrogen-bond acceptors (Lipinski definition) is 5. The van der Waals surface area contributed by atoms with Crippen molar-refractivity contribution in [3.8, 4) is 5.75 Å². The number of nitrogens with zero attached hydrogens (tertiary/aromatic N) is 2. The Morgan fingerprint density at radius 1 is 1.15 bits per heavy atom. The second-order valence-corrected chi connectivity index (χ2v) is 8.41. The van der Waals surface area contributed by atoms with Gasteiger partial charge in [0.1, 0.15) is 18.1 Å². The fraction of sp³-hybridized carbons (Fsp3) is 0.357. The first-order valence-electron chi connectivity index (χ1n) is 11.8. The lowest BCUT2D eigenvalue weighted by atomic mass is 9.95. The predicted octanol–water partition coefficient (Wildman–Crippen LogP) is 4.71. The van der Waals surface area contributed by atoms with Crippen molar-refractivity contribution in [2.45, 2.75) is 33.2 Å². The van der Waals surface area contributed by atoms with Gasteiger partial charge in [0, 0.05) is 12.1 Å². The number of carbonyl (C=O) groups excluding carboxylic acids is 2. The van der Waals surface area contributed by atoms with Gasteiger partial charge in [0.15, 0.2) is 0 Å². The van der Waals surface area contributed by atoms with Crippen LogP contribution < -0.4 is 4.74 Å². The smallest absolute Gasteiger partial charge is 0.295 e. The van der Waals surface area contributed by atoms with Crippen LogP contribution in [0.2, 0.25) is 0 Å². The standard InChI is InChI=1S/C28H34N2O4/c1-5-18-34-23-11-8-10-22(19-23)25-24(26(31)21-14-12-20(4)13-15-21)27(32)28(33)30(25)17-9-16-29(6-2)7-3/h5,8,10-15,19,25,31H,1,6-7,9,16-18H2,2-4H3/b26-24+/t25-/m0/s1. The number of hydrogen-bond donors (Lipinski definition) is 1. The summed E-state index contributed by atoms with van der Waals surface area (Å²) in [6.45, 7) is 13.3. The molecule has 1 aliphatic rings. The van der Waals surface area contributed by atoms with Gasteiger partial charge in [-0.2, -0.15) is 0 Å². The lowest BCUT2D eigenvalue weighted by Gasteiger charge is -2.27. The Morgan fingerprint density at radius 3 is 2.50 bits per heavy atom.